The molecule has 0 unspecified atom stereocenters. The molecule has 5 heteroatoms. The van der Waals surface area contributed by atoms with Crippen molar-refractivity contribution >= 4 is 5.69 Å². The molecule has 1 aliphatic carbocycles. The van der Waals surface area contributed by atoms with Crippen LogP contribution in [0.1, 0.15) is 50.5 Å². The quantitative estimate of drug-likeness (QED) is 0.679. The number of hydrogen-bond donors (Lipinski definition) is 1. The zero-order valence-electron chi connectivity index (χ0n) is 12.6. The summed E-state index contributed by atoms with van der Waals surface area (Å²) in [6, 6.07) is 4.75. The number of nitro groups is 1. The fourth-order valence-electron chi connectivity index (χ4n) is 3.18. The number of methoxy groups -OCH3 is 1. The van der Waals surface area contributed by atoms with E-state index in [1.54, 1.807) is 19.2 Å². The van der Waals surface area contributed by atoms with E-state index in [0.717, 1.165) is 31.2 Å². The van der Waals surface area contributed by atoms with Crippen molar-refractivity contribution in [3.8, 4) is 5.75 Å². The summed E-state index contributed by atoms with van der Waals surface area (Å²) >= 11 is 0. The summed E-state index contributed by atoms with van der Waals surface area (Å²) in [7, 11) is 1.59. The summed E-state index contributed by atoms with van der Waals surface area (Å²) in [5, 5.41) is 11.0. The number of hydrogen-bond acceptors (Lipinski definition) is 4. The van der Waals surface area contributed by atoms with E-state index in [1.165, 1.54) is 25.3 Å². The summed E-state index contributed by atoms with van der Waals surface area (Å²) in [6.45, 7) is 0. The van der Waals surface area contributed by atoms with Gasteiger partial charge in [0.1, 0.15) is 5.75 Å². The van der Waals surface area contributed by atoms with Crippen LogP contribution in [0.2, 0.25) is 0 Å². The fraction of sp³-hybridized carbons (Fsp3) is 0.625. The van der Waals surface area contributed by atoms with Crippen LogP contribution in [0.25, 0.3) is 0 Å². The second-order valence-electron chi connectivity index (χ2n) is 6.06. The first-order chi connectivity index (χ1) is 10.0. The normalized spacial score (nSPS) is 18.6. The summed E-state index contributed by atoms with van der Waals surface area (Å²) in [5.41, 5.74) is 7.25. The molecular weight excluding hydrogens is 268 g/mol. The van der Waals surface area contributed by atoms with E-state index in [1.807, 2.05) is 0 Å². The molecule has 0 atom stereocenters. The van der Waals surface area contributed by atoms with E-state index in [2.05, 4.69) is 0 Å². The van der Waals surface area contributed by atoms with E-state index < -0.39 is 0 Å². The highest BCUT2D eigenvalue weighted by molar-refractivity contribution is 5.44. The van der Waals surface area contributed by atoms with Crippen molar-refractivity contribution in [1.29, 1.82) is 0 Å². The van der Waals surface area contributed by atoms with Gasteiger partial charge >= 0.3 is 0 Å². The SMILES string of the molecule is COc1ccc([N+](=O)[O-])cc1CC1(N)CCCCCCC1. The third kappa shape index (κ3) is 4.17. The predicted molar refractivity (Wildman–Crippen MR) is 82.6 cm³/mol. The Morgan fingerprint density at radius 2 is 1.86 bits per heavy atom. The molecule has 21 heavy (non-hydrogen) atoms. The Morgan fingerprint density at radius 1 is 1.24 bits per heavy atom. The highest BCUT2D eigenvalue weighted by atomic mass is 16.6. The molecule has 2 N–H and O–H groups in total. The van der Waals surface area contributed by atoms with E-state index >= 15 is 0 Å². The number of nitrogens with zero attached hydrogens (tertiary/aromatic N) is 1. The smallest absolute Gasteiger partial charge is 0.269 e. The molecule has 5 nitrogen and oxygen atoms in total. The third-order valence-electron chi connectivity index (χ3n) is 4.37. The minimum Gasteiger partial charge on any atom is -0.496 e. The molecule has 0 radical (unpaired) electrons. The molecule has 116 valence electrons. The van der Waals surface area contributed by atoms with Crippen LogP contribution in [-0.2, 0) is 6.42 Å². The Labute approximate surface area is 125 Å². The van der Waals surface area contributed by atoms with Crippen LogP contribution >= 0.6 is 0 Å². The Balaban J connectivity index is 2.22. The van der Waals surface area contributed by atoms with Crippen molar-refractivity contribution in [3.05, 3.63) is 33.9 Å². The highest BCUT2D eigenvalue weighted by Gasteiger charge is 2.27. The number of benzene rings is 1. The van der Waals surface area contributed by atoms with Gasteiger partial charge in [-0.05, 0) is 25.3 Å². The van der Waals surface area contributed by atoms with Crippen LogP contribution in [0.3, 0.4) is 0 Å². The molecule has 1 aromatic rings. The average Bonchev–Trinajstić information content (AvgIpc) is 2.43. The minimum atomic E-state index is -0.371. The monoisotopic (exact) mass is 292 g/mol. The van der Waals surface area contributed by atoms with Gasteiger partial charge < -0.3 is 10.5 Å². The number of rotatable bonds is 4. The fourth-order valence-corrected chi connectivity index (χ4v) is 3.18. The Kier molecular flexibility index (Phi) is 5.17. The van der Waals surface area contributed by atoms with Crippen LogP contribution in [0.5, 0.6) is 5.75 Å². The lowest BCUT2D eigenvalue weighted by Gasteiger charge is -2.32. The maximum absolute atomic E-state index is 11.0. The first-order valence-electron chi connectivity index (χ1n) is 7.64. The summed E-state index contributed by atoms with van der Waals surface area (Å²) in [6.07, 6.45) is 8.59. The summed E-state index contributed by atoms with van der Waals surface area (Å²) in [4.78, 5) is 10.6. The van der Waals surface area contributed by atoms with Gasteiger partial charge in [0.2, 0.25) is 0 Å². The number of nitrogens with two attached hydrogens (primary N) is 1. The minimum absolute atomic E-state index is 0.0974. The first-order valence-corrected chi connectivity index (χ1v) is 7.64. The van der Waals surface area contributed by atoms with Gasteiger partial charge in [0.05, 0.1) is 12.0 Å². The molecule has 0 bridgehead atoms. The van der Waals surface area contributed by atoms with Crippen LogP contribution in [0.15, 0.2) is 18.2 Å². The summed E-state index contributed by atoms with van der Waals surface area (Å²) < 4.78 is 5.34. The van der Waals surface area contributed by atoms with Crippen molar-refractivity contribution in [1.82, 2.24) is 0 Å². The molecule has 1 aromatic carbocycles. The van der Waals surface area contributed by atoms with Gasteiger partial charge in [-0.1, -0.05) is 32.1 Å². The van der Waals surface area contributed by atoms with Gasteiger partial charge in [-0.15, -0.1) is 0 Å². The van der Waals surface area contributed by atoms with Crippen molar-refractivity contribution in [2.24, 2.45) is 5.73 Å². The van der Waals surface area contributed by atoms with Crippen molar-refractivity contribution in [3.63, 3.8) is 0 Å². The highest BCUT2D eigenvalue weighted by Crippen LogP contribution is 2.32. The van der Waals surface area contributed by atoms with Gasteiger partial charge in [-0.3, -0.25) is 10.1 Å². The number of non-ortho nitro benzene ring substituents is 1. The number of nitro benzene ring substituents is 1. The molecule has 1 saturated carbocycles. The van der Waals surface area contributed by atoms with Gasteiger partial charge in [-0.25, -0.2) is 0 Å². The summed E-state index contributed by atoms with van der Waals surface area (Å²) in [5.74, 6) is 0.687. The molecule has 0 heterocycles. The topological polar surface area (TPSA) is 78.4 Å². The van der Waals surface area contributed by atoms with Crippen LogP contribution in [0.4, 0.5) is 5.69 Å². The van der Waals surface area contributed by atoms with Crippen LogP contribution in [-0.4, -0.2) is 17.6 Å². The van der Waals surface area contributed by atoms with Gasteiger partial charge in [0, 0.05) is 23.2 Å². The zero-order valence-corrected chi connectivity index (χ0v) is 12.6. The molecular formula is C16H24N2O3. The van der Waals surface area contributed by atoms with Gasteiger partial charge in [0.15, 0.2) is 0 Å². The second kappa shape index (κ2) is 6.89. The molecule has 2 rings (SSSR count). The van der Waals surface area contributed by atoms with Crippen LogP contribution in [0, 0.1) is 10.1 Å². The lowest BCUT2D eigenvalue weighted by molar-refractivity contribution is -0.384. The molecule has 0 aromatic heterocycles. The van der Waals surface area contributed by atoms with Gasteiger partial charge in [0.25, 0.3) is 5.69 Å². The van der Waals surface area contributed by atoms with Gasteiger partial charge in [-0.2, -0.15) is 0 Å². The predicted octanol–water partition coefficient (Wildman–Crippen LogP) is 3.59. The Hall–Kier alpha value is -1.62. The lowest BCUT2D eigenvalue weighted by Crippen LogP contribution is -2.42. The third-order valence-corrected chi connectivity index (χ3v) is 4.37. The molecule has 0 aliphatic heterocycles. The van der Waals surface area contributed by atoms with Crippen molar-refractivity contribution < 1.29 is 9.66 Å². The average molecular weight is 292 g/mol. The molecule has 1 fully saturated rings. The van der Waals surface area contributed by atoms with E-state index in [4.69, 9.17) is 10.5 Å². The van der Waals surface area contributed by atoms with E-state index in [9.17, 15) is 10.1 Å². The zero-order chi connectivity index (χ0) is 15.3. The molecule has 0 spiro atoms. The second-order valence-corrected chi connectivity index (χ2v) is 6.06. The number of ether oxygens (including phenoxy) is 1. The lowest BCUT2D eigenvalue weighted by atomic mass is 9.80. The Morgan fingerprint density at radius 3 is 2.43 bits per heavy atom. The standard InChI is InChI=1S/C16H24N2O3/c1-21-15-8-7-14(18(19)20)11-13(15)12-16(17)9-5-3-2-4-6-10-16/h7-8,11H,2-6,9-10,12,17H2,1H3. The van der Waals surface area contributed by atoms with E-state index in [-0.39, 0.29) is 16.1 Å². The Bertz CT molecular complexity index is 494. The molecule has 1 aliphatic rings. The first kappa shape index (κ1) is 15.8. The van der Waals surface area contributed by atoms with Crippen molar-refractivity contribution in [2.75, 3.05) is 7.11 Å². The van der Waals surface area contributed by atoms with Crippen molar-refractivity contribution in [2.45, 2.75) is 56.9 Å². The van der Waals surface area contributed by atoms with Crippen LogP contribution < -0.4 is 10.5 Å². The molecule has 0 saturated heterocycles. The maximum Gasteiger partial charge on any atom is 0.269 e. The molecule has 0 amide bonds. The van der Waals surface area contributed by atoms with E-state index in [0.29, 0.717) is 12.2 Å². The largest absolute Gasteiger partial charge is 0.496 e. The maximum atomic E-state index is 11.0.